The van der Waals surface area contributed by atoms with Gasteiger partial charge in [0.1, 0.15) is 17.3 Å². The van der Waals surface area contributed by atoms with Crippen molar-refractivity contribution in [2.24, 2.45) is 5.92 Å². The molecule has 0 spiro atoms. The van der Waals surface area contributed by atoms with E-state index in [1.807, 2.05) is 0 Å². The Labute approximate surface area is 101 Å². The van der Waals surface area contributed by atoms with Crippen LogP contribution in [0.4, 0.5) is 5.82 Å². The molecule has 4 nitrogen and oxygen atoms in total. The van der Waals surface area contributed by atoms with Crippen molar-refractivity contribution in [2.45, 2.75) is 20.3 Å². The highest BCUT2D eigenvalue weighted by Gasteiger charge is 1.96. The topological polar surface area (TPSA) is 47.0 Å². The number of hydrogen-bond donors (Lipinski definition) is 1. The van der Waals surface area contributed by atoms with Gasteiger partial charge in [0.05, 0.1) is 6.61 Å². The molecule has 1 rings (SSSR count). The predicted molar refractivity (Wildman–Crippen MR) is 65.8 cm³/mol. The van der Waals surface area contributed by atoms with Crippen molar-refractivity contribution < 1.29 is 4.74 Å². The smallest absolute Gasteiger partial charge is 0.134 e. The summed E-state index contributed by atoms with van der Waals surface area (Å²) >= 11 is 5.72. The third kappa shape index (κ3) is 5.88. The zero-order chi connectivity index (χ0) is 11.8. The van der Waals surface area contributed by atoms with E-state index in [0.29, 0.717) is 17.7 Å². The second kappa shape index (κ2) is 7.41. The van der Waals surface area contributed by atoms with E-state index in [9.17, 15) is 0 Å². The first kappa shape index (κ1) is 13.2. The number of hydrogen-bond acceptors (Lipinski definition) is 4. The third-order valence-corrected chi connectivity index (χ3v) is 2.23. The minimum Gasteiger partial charge on any atom is -0.380 e. The molecule has 1 heterocycles. The molecular weight excluding hydrogens is 226 g/mol. The Morgan fingerprint density at radius 3 is 2.88 bits per heavy atom. The molecule has 0 atom stereocenters. The van der Waals surface area contributed by atoms with Gasteiger partial charge < -0.3 is 10.1 Å². The quantitative estimate of drug-likeness (QED) is 0.591. The van der Waals surface area contributed by atoms with E-state index < -0.39 is 0 Å². The molecule has 0 aliphatic heterocycles. The lowest BCUT2D eigenvalue weighted by molar-refractivity contribution is 0.132. The Bertz CT molecular complexity index is 307. The molecule has 1 aromatic heterocycles. The molecule has 0 aliphatic rings. The maximum absolute atomic E-state index is 5.72. The average Bonchev–Trinajstić information content (AvgIpc) is 2.23. The molecular formula is C11H18ClN3O. The van der Waals surface area contributed by atoms with Crippen LogP contribution in [0.15, 0.2) is 12.4 Å². The van der Waals surface area contributed by atoms with Gasteiger partial charge in [-0.1, -0.05) is 25.4 Å². The van der Waals surface area contributed by atoms with Gasteiger partial charge in [0.15, 0.2) is 0 Å². The first-order chi connectivity index (χ1) is 7.68. The van der Waals surface area contributed by atoms with Crippen molar-refractivity contribution in [2.75, 3.05) is 25.1 Å². The summed E-state index contributed by atoms with van der Waals surface area (Å²) < 4.78 is 5.46. The minimum absolute atomic E-state index is 0.443. The van der Waals surface area contributed by atoms with E-state index in [0.717, 1.165) is 25.4 Å². The number of aromatic nitrogens is 2. The van der Waals surface area contributed by atoms with E-state index in [1.54, 1.807) is 6.07 Å². The van der Waals surface area contributed by atoms with Crippen LogP contribution in [0.2, 0.25) is 5.15 Å². The molecule has 16 heavy (non-hydrogen) atoms. The summed E-state index contributed by atoms with van der Waals surface area (Å²) in [5.41, 5.74) is 0. The van der Waals surface area contributed by atoms with Gasteiger partial charge in [-0.15, -0.1) is 0 Å². The molecule has 0 saturated heterocycles. The van der Waals surface area contributed by atoms with Gasteiger partial charge in [-0.3, -0.25) is 0 Å². The van der Waals surface area contributed by atoms with Gasteiger partial charge in [0.2, 0.25) is 0 Å². The van der Waals surface area contributed by atoms with Gasteiger partial charge >= 0.3 is 0 Å². The van der Waals surface area contributed by atoms with Crippen LogP contribution >= 0.6 is 11.6 Å². The van der Waals surface area contributed by atoms with Crippen molar-refractivity contribution in [3.63, 3.8) is 0 Å². The number of anilines is 1. The lowest BCUT2D eigenvalue weighted by Gasteiger charge is -2.07. The van der Waals surface area contributed by atoms with Crippen molar-refractivity contribution in [3.8, 4) is 0 Å². The molecule has 0 unspecified atom stereocenters. The Balaban J connectivity index is 2.07. The Hall–Kier alpha value is -0.870. The molecule has 0 saturated carbocycles. The van der Waals surface area contributed by atoms with Crippen LogP contribution < -0.4 is 5.32 Å². The van der Waals surface area contributed by atoms with Gasteiger partial charge in [0.25, 0.3) is 0 Å². The first-order valence-corrected chi connectivity index (χ1v) is 5.85. The van der Waals surface area contributed by atoms with Crippen LogP contribution in [0, 0.1) is 5.92 Å². The zero-order valence-corrected chi connectivity index (χ0v) is 10.5. The summed E-state index contributed by atoms with van der Waals surface area (Å²) in [6.45, 7) is 6.58. The van der Waals surface area contributed by atoms with Crippen LogP contribution in [0.25, 0.3) is 0 Å². The third-order valence-electron chi connectivity index (χ3n) is 2.03. The average molecular weight is 244 g/mol. The monoisotopic (exact) mass is 243 g/mol. The molecule has 0 aromatic carbocycles. The molecule has 0 amide bonds. The van der Waals surface area contributed by atoms with Gasteiger partial charge in [-0.05, 0) is 12.3 Å². The molecule has 0 fully saturated rings. The van der Waals surface area contributed by atoms with Gasteiger partial charge in [0, 0.05) is 19.2 Å². The minimum atomic E-state index is 0.443. The fourth-order valence-corrected chi connectivity index (χ4v) is 1.25. The lowest BCUT2D eigenvalue weighted by atomic mass is 10.1. The van der Waals surface area contributed by atoms with E-state index in [2.05, 4.69) is 29.1 Å². The number of nitrogens with one attached hydrogen (secondary N) is 1. The highest BCUT2D eigenvalue weighted by Crippen LogP contribution is 2.07. The van der Waals surface area contributed by atoms with Crippen LogP contribution in [0.5, 0.6) is 0 Å². The molecule has 0 bridgehead atoms. The van der Waals surface area contributed by atoms with Crippen LogP contribution in [0.1, 0.15) is 20.3 Å². The van der Waals surface area contributed by atoms with Crippen molar-refractivity contribution in [1.29, 1.82) is 0 Å². The lowest BCUT2D eigenvalue weighted by Crippen LogP contribution is -2.11. The normalized spacial score (nSPS) is 10.8. The second-order valence-corrected chi connectivity index (χ2v) is 4.33. The number of nitrogens with zero attached hydrogens (tertiary/aromatic N) is 2. The number of rotatable bonds is 7. The van der Waals surface area contributed by atoms with Crippen LogP contribution in [-0.4, -0.2) is 29.7 Å². The second-order valence-electron chi connectivity index (χ2n) is 3.95. The van der Waals surface area contributed by atoms with Crippen molar-refractivity contribution >= 4 is 17.4 Å². The summed E-state index contributed by atoms with van der Waals surface area (Å²) in [6.07, 6.45) is 2.53. The fraction of sp³-hybridized carbons (Fsp3) is 0.636. The SMILES string of the molecule is CC(C)CCOCCNc1cc(Cl)ncn1. The van der Waals surface area contributed by atoms with Crippen LogP contribution in [-0.2, 0) is 4.74 Å². The molecule has 0 aliphatic carbocycles. The van der Waals surface area contributed by atoms with E-state index in [1.165, 1.54) is 6.33 Å². The Morgan fingerprint density at radius 1 is 1.38 bits per heavy atom. The van der Waals surface area contributed by atoms with Crippen LogP contribution in [0.3, 0.4) is 0 Å². The zero-order valence-electron chi connectivity index (χ0n) is 9.74. The van der Waals surface area contributed by atoms with E-state index >= 15 is 0 Å². The molecule has 1 N–H and O–H groups in total. The molecule has 0 radical (unpaired) electrons. The van der Waals surface area contributed by atoms with Gasteiger partial charge in [-0.25, -0.2) is 9.97 Å². The summed E-state index contributed by atoms with van der Waals surface area (Å²) in [7, 11) is 0. The highest BCUT2D eigenvalue weighted by molar-refractivity contribution is 6.29. The Kier molecular flexibility index (Phi) is 6.11. The molecule has 5 heteroatoms. The maximum atomic E-state index is 5.72. The maximum Gasteiger partial charge on any atom is 0.134 e. The highest BCUT2D eigenvalue weighted by atomic mass is 35.5. The van der Waals surface area contributed by atoms with Crippen molar-refractivity contribution in [1.82, 2.24) is 9.97 Å². The summed E-state index contributed by atoms with van der Waals surface area (Å²) in [5, 5.41) is 3.56. The van der Waals surface area contributed by atoms with Gasteiger partial charge in [-0.2, -0.15) is 0 Å². The molecule has 1 aromatic rings. The fourth-order valence-electron chi connectivity index (χ4n) is 1.10. The van der Waals surface area contributed by atoms with E-state index in [-0.39, 0.29) is 0 Å². The number of ether oxygens (including phenoxy) is 1. The summed E-state index contributed by atoms with van der Waals surface area (Å²) in [4.78, 5) is 7.82. The Morgan fingerprint density at radius 2 is 2.19 bits per heavy atom. The van der Waals surface area contributed by atoms with E-state index in [4.69, 9.17) is 16.3 Å². The van der Waals surface area contributed by atoms with Crippen molar-refractivity contribution in [3.05, 3.63) is 17.5 Å². The number of halogens is 1. The summed E-state index contributed by atoms with van der Waals surface area (Å²) in [5.74, 6) is 1.42. The predicted octanol–water partition coefficient (Wildman–Crippen LogP) is 2.60. The summed E-state index contributed by atoms with van der Waals surface area (Å²) in [6, 6.07) is 1.69. The molecule has 90 valence electrons. The largest absolute Gasteiger partial charge is 0.380 e. The standard InChI is InChI=1S/C11H18ClN3O/c1-9(2)3-5-16-6-4-13-11-7-10(12)14-8-15-11/h7-9H,3-6H2,1-2H3,(H,13,14,15). The first-order valence-electron chi connectivity index (χ1n) is 5.47.